The molecule has 0 aliphatic carbocycles. The number of hydrogen-bond acceptors (Lipinski definition) is 3. The molecule has 2 unspecified atom stereocenters. The molecule has 0 aromatic carbocycles. The molecule has 0 bridgehead atoms. The molecule has 2 saturated heterocycles. The van der Waals surface area contributed by atoms with Crippen LogP contribution in [0.25, 0.3) is 0 Å². The van der Waals surface area contributed by atoms with E-state index in [2.05, 4.69) is 5.43 Å². The Morgan fingerprint density at radius 2 is 1.79 bits per heavy atom. The summed E-state index contributed by atoms with van der Waals surface area (Å²) < 4.78 is 0. The minimum Gasteiger partial charge on any atom is -0.480 e. The van der Waals surface area contributed by atoms with Crippen LogP contribution in [-0.2, 0) is 4.79 Å². The molecule has 6 heteroatoms. The maximum absolute atomic E-state index is 12.2. The number of carboxylic acids is 1. The number of carbonyl (C=O) groups excluding carboxylic acids is 1. The smallest absolute Gasteiger partial charge is 0.332 e. The van der Waals surface area contributed by atoms with Crippen LogP contribution >= 0.6 is 0 Å². The van der Waals surface area contributed by atoms with Crippen LogP contribution in [0, 0.1) is 5.92 Å². The van der Waals surface area contributed by atoms with E-state index < -0.39 is 12.0 Å². The summed E-state index contributed by atoms with van der Waals surface area (Å²) in [6.07, 6.45) is 5.10. The molecule has 108 valence electrons. The summed E-state index contributed by atoms with van der Waals surface area (Å²) in [7, 11) is 0. The molecular formula is C13H23N3O3. The number of carboxylic acid groups (broad SMARTS) is 1. The summed E-state index contributed by atoms with van der Waals surface area (Å²) in [5.74, 6) is -0.889. The average Bonchev–Trinajstić information content (AvgIpc) is 2.39. The first kappa shape index (κ1) is 14.1. The third kappa shape index (κ3) is 3.37. The molecule has 0 saturated carbocycles. The van der Waals surface area contributed by atoms with E-state index in [1.165, 1.54) is 11.3 Å². The van der Waals surface area contributed by atoms with Gasteiger partial charge in [0.2, 0.25) is 0 Å². The Kier molecular flexibility index (Phi) is 4.63. The molecule has 0 spiro atoms. The lowest BCUT2D eigenvalue weighted by Gasteiger charge is -2.38. The van der Waals surface area contributed by atoms with Crippen molar-refractivity contribution in [3.8, 4) is 0 Å². The highest BCUT2D eigenvalue weighted by atomic mass is 16.4. The lowest BCUT2D eigenvalue weighted by Crippen LogP contribution is -2.58. The van der Waals surface area contributed by atoms with Crippen molar-refractivity contribution in [3.63, 3.8) is 0 Å². The van der Waals surface area contributed by atoms with Crippen molar-refractivity contribution in [1.82, 2.24) is 15.3 Å². The second kappa shape index (κ2) is 6.23. The lowest BCUT2D eigenvalue weighted by molar-refractivity contribution is -0.145. The molecule has 0 aromatic heterocycles. The molecule has 6 nitrogen and oxygen atoms in total. The first-order valence-electron chi connectivity index (χ1n) is 7.14. The Balaban J connectivity index is 1.97. The minimum atomic E-state index is -0.902. The minimum absolute atomic E-state index is 0.0124. The van der Waals surface area contributed by atoms with Gasteiger partial charge in [-0.3, -0.25) is 5.43 Å². The predicted molar refractivity (Wildman–Crippen MR) is 70.5 cm³/mol. The highest BCUT2D eigenvalue weighted by Gasteiger charge is 2.37. The number of amides is 2. The molecule has 2 rings (SSSR count). The van der Waals surface area contributed by atoms with E-state index in [4.69, 9.17) is 0 Å². The maximum Gasteiger partial charge on any atom is 0.332 e. The quantitative estimate of drug-likeness (QED) is 0.792. The standard InChI is InChI=1S/C13H23N3O3/c1-10-6-5-9-16(11(10)12(17)18)13(19)14-15-7-3-2-4-8-15/h10-11H,2-9H2,1H3,(H,14,19)(H,17,18). The number of carbonyl (C=O) groups is 2. The Labute approximate surface area is 113 Å². The predicted octanol–water partition coefficient (Wildman–Crippen LogP) is 1.28. The van der Waals surface area contributed by atoms with Gasteiger partial charge in [0.05, 0.1) is 0 Å². The van der Waals surface area contributed by atoms with Gasteiger partial charge in [0.15, 0.2) is 0 Å². The van der Waals surface area contributed by atoms with Crippen molar-refractivity contribution in [1.29, 1.82) is 0 Å². The van der Waals surface area contributed by atoms with Crippen LogP contribution in [-0.4, -0.2) is 52.7 Å². The van der Waals surface area contributed by atoms with Crippen LogP contribution in [0.1, 0.15) is 39.0 Å². The zero-order chi connectivity index (χ0) is 13.8. The van der Waals surface area contributed by atoms with E-state index in [1.807, 2.05) is 11.9 Å². The van der Waals surface area contributed by atoms with Crippen LogP contribution in [0.2, 0.25) is 0 Å². The second-order valence-corrected chi connectivity index (χ2v) is 5.56. The maximum atomic E-state index is 12.2. The summed E-state index contributed by atoms with van der Waals surface area (Å²) in [4.78, 5) is 25.1. The number of urea groups is 1. The van der Waals surface area contributed by atoms with Crippen molar-refractivity contribution in [3.05, 3.63) is 0 Å². The van der Waals surface area contributed by atoms with Gasteiger partial charge in [-0.25, -0.2) is 14.6 Å². The van der Waals surface area contributed by atoms with Crippen molar-refractivity contribution in [2.24, 2.45) is 5.92 Å². The molecule has 0 aromatic rings. The SMILES string of the molecule is CC1CCCN(C(=O)NN2CCCCC2)C1C(=O)O. The fourth-order valence-electron chi connectivity index (χ4n) is 3.00. The summed E-state index contributed by atoms with van der Waals surface area (Å²) in [6, 6.07) is -0.959. The number of rotatable bonds is 2. The summed E-state index contributed by atoms with van der Waals surface area (Å²) in [6.45, 7) is 4.14. The molecule has 2 amide bonds. The zero-order valence-corrected chi connectivity index (χ0v) is 11.5. The monoisotopic (exact) mass is 269 g/mol. The molecule has 2 N–H and O–H groups in total. The molecule has 2 fully saturated rings. The third-order valence-corrected chi connectivity index (χ3v) is 4.06. The van der Waals surface area contributed by atoms with Crippen LogP contribution in [0.4, 0.5) is 4.79 Å². The van der Waals surface area contributed by atoms with Crippen molar-refractivity contribution in [2.75, 3.05) is 19.6 Å². The number of nitrogens with zero attached hydrogens (tertiary/aromatic N) is 2. The first-order valence-corrected chi connectivity index (χ1v) is 7.14. The largest absolute Gasteiger partial charge is 0.480 e. The Bertz CT molecular complexity index is 342. The lowest BCUT2D eigenvalue weighted by atomic mass is 9.91. The van der Waals surface area contributed by atoms with E-state index >= 15 is 0 Å². The third-order valence-electron chi connectivity index (χ3n) is 4.06. The topological polar surface area (TPSA) is 72.9 Å². The van der Waals surface area contributed by atoms with Gasteiger partial charge in [-0.15, -0.1) is 0 Å². The van der Waals surface area contributed by atoms with Gasteiger partial charge in [-0.1, -0.05) is 13.3 Å². The molecule has 2 heterocycles. The Morgan fingerprint density at radius 1 is 1.11 bits per heavy atom. The summed E-state index contributed by atoms with van der Waals surface area (Å²) >= 11 is 0. The highest BCUT2D eigenvalue weighted by Crippen LogP contribution is 2.23. The second-order valence-electron chi connectivity index (χ2n) is 5.56. The van der Waals surface area contributed by atoms with E-state index in [1.54, 1.807) is 0 Å². The van der Waals surface area contributed by atoms with E-state index in [-0.39, 0.29) is 11.9 Å². The van der Waals surface area contributed by atoms with E-state index in [0.29, 0.717) is 6.54 Å². The van der Waals surface area contributed by atoms with Gasteiger partial charge in [0.1, 0.15) is 6.04 Å². The van der Waals surface area contributed by atoms with Gasteiger partial charge < -0.3 is 10.0 Å². The summed E-state index contributed by atoms with van der Waals surface area (Å²) in [5.41, 5.74) is 2.85. The van der Waals surface area contributed by atoms with Gasteiger partial charge in [-0.2, -0.15) is 0 Å². The molecule has 19 heavy (non-hydrogen) atoms. The molecule has 2 aliphatic heterocycles. The van der Waals surface area contributed by atoms with Crippen molar-refractivity contribution >= 4 is 12.0 Å². The fourth-order valence-corrected chi connectivity index (χ4v) is 3.00. The van der Waals surface area contributed by atoms with Gasteiger partial charge in [0, 0.05) is 19.6 Å². The average molecular weight is 269 g/mol. The van der Waals surface area contributed by atoms with E-state index in [9.17, 15) is 14.7 Å². The molecular weight excluding hydrogens is 246 g/mol. The number of aliphatic carboxylic acids is 1. The molecule has 2 aliphatic rings. The van der Waals surface area contributed by atoms with Gasteiger partial charge in [0.25, 0.3) is 0 Å². The van der Waals surface area contributed by atoms with Crippen LogP contribution in [0.15, 0.2) is 0 Å². The van der Waals surface area contributed by atoms with Crippen molar-refractivity contribution < 1.29 is 14.7 Å². The Morgan fingerprint density at radius 3 is 2.42 bits per heavy atom. The molecule has 0 radical (unpaired) electrons. The van der Waals surface area contributed by atoms with Gasteiger partial charge >= 0.3 is 12.0 Å². The summed E-state index contributed by atoms with van der Waals surface area (Å²) in [5, 5.41) is 11.2. The number of hydrazine groups is 1. The number of likely N-dealkylation sites (tertiary alicyclic amines) is 1. The van der Waals surface area contributed by atoms with Crippen LogP contribution in [0.3, 0.4) is 0 Å². The number of hydrogen-bond donors (Lipinski definition) is 2. The fraction of sp³-hybridized carbons (Fsp3) is 0.846. The van der Waals surface area contributed by atoms with Crippen LogP contribution < -0.4 is 5.43 Å². The molecule has 2 atom stereocenters. The normalized spacial score (nSPS) is 29.0. The van der Waals surface area contributed by atoms with Gasteiger partial charge in [-0.05, 0) is 31.6 Å². The zero-order valence-electron chi connectivity index (χ0n) is 11.5. The van der Waals surface area contributed by atoms with Crippen molar-refractivity contribution in [2.45, 2.75) is 45.1 Å². The first-order chi connectivity index (χ1) is 9.09. The highest BCUT2D eigenvalue weighted by molar-refractivity contribution is 5.82. The van der Waals surface area contributed by atoms with Crippen LogP contribution in [0.5, 0.6) is 0 Å². The number of nitrogens with one attached hydrogen (secondary N) is 1. The Hall–Kier alpha value is -1.30. The van der Waals surface area contributed by atoms with E-state index in [0.717, 1.165) is 38.8 Å². The number of piperidine rings is 2.